The van der Waals surface area contributed by atoms with Crippen molar-refractivity contribution in [3.05, 3.63) is 29.1 Å². The highest BCUT2D eigenvalue weighted by Crippen LogP contribution is 2.30. The Morgan fingerprint density at radius 1 is 1.31 bits per heavy atom. The minimum atomic E-state index is -0.272. The molecule has 1 aromatic carbocycles. The van der Waals surface area contributed by atoms with Gasteiger partial charge in [0.05, 0.1) is 7.11 Å². The van der Waals surface area contributed by atoms with E-state index in [0.29, 0.717) is 5.75 Å². The molecule has 0 aliphatic heterocycles. The number of aryl methyl sites for hydroxylation is 1. The van der Waals surface area contributed by atoms with Gasteiger partial charge in [0.25, 0.3) is 0 Å². The van der Waals surface area contributed by atoms with Crippen LogP contribution in [0, 0.1) is 12.7 Å². The molecule has 0 N–H and O–H groups in total. The Labute approximate surface area is 78.5 Å². The minimum Gasteiger partial charge on any atom is -0.493 e. The van der Waals surface area contributed by atoms with Gasteiger partial charge in [-0.15, -0.1) is 0 Å². The van der Waals surface area contributed by atoms with Gasteiger partial charge in [-0.3, -0.25) is 0 Å². The summed E-state index contributed by atoms with van der Waals surface area (Å²) in [4.78, 5) is 0. The lowest BCUT2D eigenvalue weighted by Gasteiger charge is -2.13. The van der Waals surface area contributed by atoms with Crippen LogP contribution in [0.4, 0.5) is 4.39 Å². The van der Waals surface area contributed by atoms with Crippen LogP contribution >= 0.6 is 0 Å². The number of rotatable bonds is 2. The molecular weight excluding hydrogens is 167 g/mol. The topological polar surface area (TPSA) is 9.23 Å². The summed E-state index contributed by atoms with van der Waals surface area (Å²) in [5, 5.41) is 0. The summed E-state index contributed by atoms with van der Waals surface area (Å²) in [7, 11) is 1.50. The summed E-state index contributed by atoms with van der Waals surface area (Å²) in [6, 6.07) is 3.46. The first kappa shape index (κ1) is 10.0. The van der Waals surface area contributed by atoms with Crippen LogP contribution in [0.5, 0.6) is 5.75 Å². The highest BCUT2D eigenvalue weighted by atomic mass is 19.1. The molecule has 0 heterocycles. The third-order valence-electron chi connectivity index (χ3n) is 2.04. The summed E-state index contributed by atoms with van der Waals surface area (Å²) in [6.45, 7) is 5.93. The van der Waals surface area contributed by atoms with E-state index in [1.807, 2.05) is 26.8 Å². The van der Waals surface area contributed by atoms with Crippen LogP contribution in [0.1, 0.15) is 30.9 Å². The van der Waals surface area contributed by atoms with Crippen molar-refractivity contribution in [2.45, 2.75) is 26.7 Å². The van der Waals surface area contributed by atoms with Gasteiger partial charge >= 0.3 is 0 Å². The molecule has 0 amide bonds. The number of benzene rings is 1. The lowest BCUT2D eigenvalue weighted by atomic mass is 10.00. The molecule has 0 aromatic heterocycles. The lowest BCUT2D eigenvalue weighted by molar-refractivity contribution is 0.379. The van der Waals surface area contributed by atoms with Crippen LogP contribution in [-0.4, -0.2) is 7.11 Å². The van der Waals surface area contributed by atoms with Crippen LogP contribution in [0.3, 0.4) is 0 Å². The molecule has 1 aromatic rings. The molecule has 0 saturated carbocycles. The highest BCUT2D eigenvalue weighted by Gasteiger charge is 2.12. The second-order valence-corrected chi connectivity index (χ2v) is 3.52. The summed E-state index contributed by atoms with van der Waals surface area (Å²) in [5.41, 5.74) is 1.86. The molecular formula is C11H15FO. The first-order valence-corrected chi connectivity index (χ1v) is 4.40. The molecule has 0 fully saturated rings. The predicted octanol–water partition coefficient (Wildman–Crippen LogP) is 3.27. The molecule has 2 heteroatoms. The van der Waals surface area contributed by atoms with Gasteiger partial charge < -0.3 is 4.74 Å². The molecule has 0 unspecified atom stereocenters. The van der Waals surface area contributed by atoms with Crippen molar-refractivity contribution in [2.75, 3.05) is 7.11 Å². The van der Waals surface area contributed by atoms with E-state index < -0.39 is 0 Å². The second-order valence-electron chi connectivity index (χ2n) is 3.52. The van der Waals surface area contributed by atoms with E-state index in [2.05, 4.69) is 0 Å². The fraction of sp³-hybridized carbons (Fsp3) is 0.455. The summed E-state index contributed by atoms with van der Waals surface area (Å²) in [5.74, 6) is 0.385. The molecule has 0 radical (unpaired) electrons. The number of hydrogen-bond donors (Lipinski definition) is 0. The van der Waals surface area contributed by atoms with E-state index in [9.17, 15) is 4.39 Å². The Hall–Kier alpha value is -1.05. The molecule has 13 heavy (non-hydrogen) atoms. The van der Waals surface area contributed by atoms with Crippen LogP contribution in [-0.2, 0) is 0 Å². The average Bonchev–Trinajstić information content (AvgIpc) is 2.02. The van der Waals surface area contributed by atoms with E-state index in [4.69, 9.17) is 4.74 Å². The molecule has 0 spiro atoms. The van der Waals surface area contributed by atoms with E-state index in [0.717, 1.165) is 11.1 Å². The average molecular weight is 182 g/mol. The van der Waals surface area contributed by atoms with Crippen molar-refractivity contribution in [3.8, 4) is 5.75 Å². The zero-order chi connectivity index (χ0) is 10.0. The van der Waals surface area contributed by atoms with Crippen molar-refractivity contribution >= 4 is 0 Å². The third kappa shape index (κ3) is 2.00. The van der Waals surface area contributed by atoms with Gasteiger partial charge in [0.15, 0.2) is 11.6 Å². The van der Waals surface area contributed by atoms with Gasteiger partial charge in [0.1, 0.15) is 0 Å². The molecule has 0 atom stereocenters. The molecule has 1 rings (SSSR count). The molecule has 0 aliphatic rings. The van der Waals surface area contributed by atoms with Crippen molar-refractivity contribution in [3.63, 3.8) is 0 Å². The van der Waals surface area contributed by atoms with Gasteiger partial charge in [-0.25, -0.2) is 4.39 Å². The summed E-state index contributed by atoms with van der Waals surface area (Å²) < 4.78 is 18.4. The minimum absolute atomic E-state index is 0.272. The highest BCUT2D eigenvalue weighted by molar-refractivity contribution is 5.40. The zero-order valence-electron chi connectivity index (χ0n) is 8.52. The van der Waals surface area contributed by atoms with E-state index >= 15 is 0 Å². The first-order valence-electron chi connectivity index (χ1n) is 4.40. The van der Waals surface area contributed by atoms with Crippen LogP contribution in [0.2, 0.25) is 0 Å². The molecule has 0 saturated heterocycles. The van der Waals surface area contributed by atoms with Crippen molar-refractivity contribution in [1.82, 2.24) is 0 Å². The Morgan fingerprint density at radius 3 is 2.38 bits per heavy atom. The quantitative estimate of drug-likeness (QED) is 0.682. The van der Waals surface area contributed by atoms with Gasteiger partial charge in [0, 0.05) is 0 Å². The number of halogens is 1. The monoisotopic (exact) mass is 182 g/mol. The van der Waals surface area contributed by atoms with Gasteiger partial charge in [0.2, 0.25) is 0 Å². The van der Waals surface area contributed by atoms with Crippen molar-refractivity contribution in [1.29, 1.82) is 0 Å². The van der Waals surface area contributed by atoms with Crippen molar-refractivity contribution in [2.24, 2.45) is 0 Å². The number of methoxy groups -OCH3 is 1. The smallest absolute Gasteiger partial charge is 0.165 e. The number of hydrogen-bond acceptors (Lipinski definition) is 1. The fourth-order valence-electron chi connectivity index (χ4n) is 1.40. The molecule has 1 nitrogen and oxygen atoms in total. The first-order chi connectivity index (χ1) is 6.06. The second kappa shape index (κ2) is 3.77. The zero-order valence-corrected chi connectivity index (χ0v) is 8.52. The van der Waals surface area contributed by atoms with E-state index in [-0.39, 0.29) is 11.7 Å². The van der Waals surface area contributed by atoms with E-state index in [1.54, 1.807) is 0 Å². The van der Waals surface area contributed by atoms with Gasteiger partial charge in [-0.05, 0) is 30.0 Å². The molecule has 72 valence electrons. The maximum absolute atomic E-state index is 13.3. The maximum atomic E-state index is 13.3. The Morgan fingerprint density at radius 2 is 1.92 bits per heavy atom. The fourth-order valence-corrected chi connectivity index (χ4v) is 1.40. The maximum Gasteiger partial charge on any atom is 0.165 e. The van der Waals surface area contributed by atoms with E-state index in [1.165, 1.54) is 13.2 Å². The third-order valence-corrected chi connectivity index (χ3v) is 2.04. The number of ether oxygens (including phenoxy) is 1. The van der Waals surface area contributed by atoms with Crippen LogP contribution < -0.4 is 4.74 Å². The standard InChI is InChI=1S/C11H15FO/c1-7(2)9-5-8(3)6-10(12)11(9)13-4/h5-7H,1-4H3. The van der Waals surface area contributed by atoms with Crippen LogP contribution in [0.25, 0.3) is 0 Å². The summed E-state index contributed by atoms with van der Waals surface area (Å²) >= 11 is 0. The summed E-state index contributed by atoms with van der Waals surface area (Å²) in [6.07, 6.45) is 0. The Bertz CT molecular complexity index is 305. The lowest BCUT2D eigenvalue weighted by Crippen LogP contribution is -1.98. The van der Waals surface area contributed by atoms with Crippen LogP contribution in [0.15, 0.2) is 12.1 Å². The largest absolute Gasteiger partial charge is 0.493 e. The normalized spacial score (nSPS) is 10.6. The SMILES string of the molecule is COc1c(F)cc(C)cc1C(C)C. The molecule has 0 bridgehead atoms. The Balaban J connectivity index is 3.29. The van der Waals surface area contributed by atoms with Gasteiger partial charge in [-0.1, -0.05) is 19.9 Å². The predicted molar refractivity (Wildman–Crippen MR) is 51.8 cm³/mol. The molecule has 0 aliphatic carbocycles. The Kier molecular flexibility index (Phi) is 2.91. The van der Waals surface area contributed by atoms with Crippen molar-refractivity contribution < 1.29 is 9.13 Å². The van der Waals surface area contributed by atoms with Gasteiger partial charge in [-0.2, -0.15) is 0 Å².